The van der Waals surface area contributed by atoms with Crippen molar-refractivity contribution in [3.05, 3.63) is 83.4 Å². The standard InChI is InChI=1S/C25H23ClN2O6S/c1-27-23(29)15-34-20-4-2-3-18(13-20)22-14-25(22,24(30)31)28-35(32,33)21-11-7-17(8-12-21)16-5-9-19(26)10-6-16/h2-13,22,28H,14-15H2,1H3,(H,27,29)(H,30,31). The molecule has 0 aromatic heterocycles. The van der Waals surface area contributed by atoms with Gasteiger partial charge in [-0.2, -0.15) is 4.72 Å². The monoisotopic (exact) mass is 514 g/mol. The molecule has 8 nitrogen and oxygen atoms in total. The van der Waals surface area contributed by atoms with Crippen molar-refractivity contribution in [1.29, 1.82) is 0 Å². The molecule has 2 atom stereocenters. The molecule has 1 amide bonds. The molecule has 35 heavy (non-hydrogen) atoms. The number of aliphatic carboxylic acids is 1. The molecule has 0 aliphatic heterocycles. The van der Waals surface area contributed by atoms with Gasteiger partial charge < -0.3 is 15.2 Å². The largest absolute Gasteiger partial charge is 0.484 e. The van der Waals surface area contributed by atoms with Gasteiger partial charge in [0.05, 0.1) is 4.90 Å². The maximum atomic E-state index is 13.1. The lowest BCUT2D eigenvalue weighted by Crippen LogP contribution is -2.44. The third kappa shape index (κ3) is 5.32. The fourth-order valence-electron chi connectivity index (χ4n) is 3.87. The Bertz CT molecular complexity index is 1360. The van der Waals surface area contributed by atoms with Gasteiger partial charge in [-0.3, -0.25) is 9.59 Å². The van der Waals surface area contributed by atoms with Gasteiger partial charge in [0.25, 0.3) is 5.91 Å². The molecule has 3 aromatic rings. The lowest BCUT2D eigenvalue weighted by Gasteiger charge is -2.16. The predicted molar refractivity (Wildman–Crippen MR) is 131 cm³/mol. The van der Waals surface area contributed by atoms with Crippen molar-refractivity contribution in [3.8, 4) is 16.9 Å². The molecule has 3 N–H and O–H groups in total. The van der Waals surface area contributed by atoms with Gasteiger partial charge in [-0.25, -0.2) is 8.42 Å². The number of halogens is 1. The van der Waals surface area contributed by atoms with Crippen molar-refractivity contribution in [3.63, 3.8) is 0 Å². The van der Waals surface area contributed by atoms with E-state index in [0.29, 0.717) is 16.3 Å². The summed E-state index contributed by atoms with van der Waals surface area (Å²) in [5.74, 6) is -1.78. The van der Waals surface area contributed by atoms with Gasteiger partial charge in [0.1, 0.15) is 11.3 Å². The molecule has 10 heteroatoms. The molecular formula is C25H23ClN2O6S. The van der Waals surface area contributed by atoms with Gasteiger partial charge in [-0.1, -0.05) is 48.0 Å². The Morgan fingerprint density at radius 3 is 2.29 bits per heavy atom. The van der Waals surface area contributed by atoms with E-state index in [0.717, 1.165) is 11.1 Å². The second-order valence-corrected chi connectivity index (χ2v) is 10.3. The van der Waals surface area contributed by atoms with Crippen LogP contribution in [-0.2, 0) is 19.6 Å². The first kappa shape index (κ1) is 24.7. The van der Waals surface area contributed by atoms with Crippen LogP contribution in [0.25, 0.3) is 11.1 Å². The summed E-state index contributed by atoms with van der Waals surface area (Å²) in [4.78, 5) is 23.5. The Hall–Kier alpha value is -3.40. The maximum Gasteiger partial charge on any atom is 0.325 e. The molecule has 182 valence electrons. The van der Waals surface area contributed by atoms with Crippen LogP contribution in [0.1, 0.15) is 17.9 Å². The molecule has 1 fully saturated rings. The van der Waals surface area contributed by atoms with E-state index < -0.39 is 27.4 Å². The van der Waals surface area contributed by atoms with E-state index in [-0.39, 0.29) is 23.8 Å². The summed E-state index contributed by atoms with van der Waals surface area (Å²) in [6.45, 7) is -0.187. The van der Waals surface area contributed by atoms with Crippen LogP contribution in [0.15, 0.2) is 77.7 Å². The van der Waals surface area contributed by atoms with Crippen LogP contribution in [0, 0.1) is 0 Å². The minimum atomic E-state index is -4.12. The average Bonchev–Trinajstić information content (AvgIpc) is 3.58. The Morgan fingerprint density at radius 1 is 1.06 bits per heavy atom. The number of hydrogen-bond acceptors (Lipinski definition) is 5. The zero-order valence-corrected chi connectivity index (χ0v) is 20.3. The van der Waals surface area contributed by atoms with Crippen LogP contribution in [0.5, 0.6) is 5.75 Å². The molecule has 1 saturated carbocycles. The lowest BCUT2D eigenvalue weighted by atomic mass is 10.1. The number of rotatable bonds is 9. The summed E-state index contributed by atoms with van der Waals surface area (Å²) in [5.41, 5.74) is 0.593. The molecule has 3 aromatic carbocycles. The number of carbonyl (C=O) groups excluding carboxylic acids is 1. The van der Waals surface area contributed by atoms with Crippen LogP contribution >= 0.6 is 11.6 Å². The SMILES string of the molecule is CNC(=O)COc1cccc(C2CC2(NS(=O)(=O)c2ccc(-c3ccc(Cl)cc3)cc2)C(=O)O)c1. The van der Waals surface area contributed by atoms with E-state index >= 15 is 0 Å². The summed E-state index contributed by atoms with van der Waals surface area (Å²) in [6, 6.07) is 20.0. The van der Waals surface area contributed by atoms with Crippen molar-refractivity contribution in [2.75, 3.05) is 13.7 Å². The molecule has 0 spiro atoms. The van der Waals surface area contributed by atoms with E-state index in [1.165, 1.54) is 19.2 Å². The second kappa shape index (κ2) is 9.69. The third-order valence-electron chi connectivity index (χ3n) is 5.91. The maximum absolute atomic E-state index is 13.1. The van der Waals surface area contributed by atoms with Gasteiger partial charge in [0, 0.05) is 18.0 Å². The summed E-state index contributed by atoms with van der Waals surface area (Å²) in [5, 5.41) is 13.0. The summed E-state index contributed by atoms with van der Waals surface area (Å²) < 4.78 is 34.0. The van der Waals surface area contributed by atoms with E-state index in [1.807, 2.05) is 12.1 Å². The normalized spacial score (nSPS) is 19.1. The number of benzene rings is 3. The number of hydrogen-bond donors (Lipinski definition) is 3. The molecule has 0 radical (unpaired) electrons. The zero-order valence-electron chi connectivity index (χ0n) is 18.7. The molecule has 0 bridgehead atoms. The molecule has 4 rings (SSSR count). The first-order chi connectivity index (χ1) is 16.6. The van der Waals surface area contributed by atoms with Crippen LogP contribution in [-0.4, -0.2) is 44.6 Å². The van der Waals surface area contributed by atoms with E-state index in [9.17, 15) is 23.1 Å². The van der Waals surface area contributed by atoms with E-state index in [1.54, 1.807) is 48.5 Å². The van der Waals surface area contributed by atoms with Crippen molar-refractivity contribution >= 4 is 33.5 Å². The van der Waals surface area contributed by atoms with Crippen molar-refractivity contribution in [2.24, 2.45) is 0 Å². The van der Waals surface area contributed by atoms with Crippen LogP contribution in [0.2, 0.25) is 5.02 Å². The molecule has 1 aliphatic rings. The molecule has 0 saturated heterocycles. The first-order valence-electron chi connectivity index (χ1n) is 10.7. The Labute approximate surface area is 207 Å². The minimum absolute atomic E-state index is 0.0378. The highest BCUT2D eigenvalue weighted by atomic mass is 35.5. The first-order valence-corrected chi connectivity index (χ1v) is 12.6. The van der Waals surface area contributed by atoms with Gasteiger partial charge in [-0.15, -0.1) is 0 Å². The number of carboxylic acid groups (broad SMARTS) is 1. The van der Waals surface area contributed by atoms with Crippen LogP contribution in [0.3, 0.4) is 0 Å². The number of sulfonamides is 1. The van der Waals surface area contributed by atoms with Gasteiger partial charge in [0.15, 0.2) is 6.61 Å². The van der Waals surface area contributed by atoms with Gasteiger partial charge in [0.2, 0.25) is 10.0 Å². The van der Waals surface area contributed by atoms with Gasteiger partial charge >= 0.3 is 5.97 Å². The number of carbonyl (C=O) groups is 2. The fraction of sp³-hybridized carbons (Fsp3) is 0.200. The molecule has 1 aliphatic carbocycles. The number of carboxylic acids is 1. The van der Waals surface area contributed by atoms with Crippen molar-refractivity contribution < 1.29 is 27.9 Å². The van der Waals surface area contributed by atoms with E-state index in [2.05, 4.69) is 10.0 Å². The quantitative estimate of drug-likeness (QED) is 0.402. The summed E-state index contributed by atoms with van der Waals surface area (Å²) >= 11 is 5.92. The number of likely N-dealkylation sites (N-methyl/N-ethyl adjacent to an activating group) is 1. The third-order valence-corrected chi connectivity index (χ3v) is 7.69. The minimum Gasteiger partial charge on any atom is -0.484 e. The molecule has 2 unspecified atom stereocenters. The topological polar surface area (TPSA) is 122 Å². The molecular weight excluding hydrogens is 492 g/mol. The van der Waals surface area contributed by atoms with Crippen LogP contribution in [0.4, 0.5) is 0 Å². The van der Waals surface area contributed by atoms with Gasteiger partial charge in [-0.05, 0) is 59.5 Å². The highest BCUT2D eigenvalue weighted by Gasteiger charge is 2.63. The number of nitrogens with one attached hydrogen (secondary N) is 2. The Balaban J connectivity index is 1.52. The predicted octanol–water partition coefficient (Wildman–Crippen LogP) is 3.42. The number of amides is 1. The molecule has 0 heterocycles. The Kier molecular flexibility index (Phi) is 6.84. The highest BCUT2D eigenvalue weighted by molar-refractivity contribution is 7.89. The van der Waals surface area contributed by atoms with Crippen molar-refractivity contribution in [1.82, 2.24) is 10.0 Å². The van der Waals surface area contributed by atoms with Crippen LogP contribution < -0.4 is 14.8 Å². The smallest absolute Gasteiger partial charge is 0.325 e. The summed E-state index contributed by atoms with van der Waals surface area (Å²) in [7, 11) is -2.63. The fourth-order valence-corrected chi connectivity index (χ4v) is 5.40. The van der Waals surface area contributed by atoms with Crippen molar-refractivity contribution in [2.45, 2.75) is 22.8 Å². The summed E-state index contributed by atoms with van der Waals surface area (Å²) in [6.07, 6.45) is 0.0866. The zero-order chi connectivity index (χ0) is 25.2. The second-order valence-electron chi connectivity index (χ2n) is 8.20. The lowest BCUT2D eigenvalue weighted by molar-refractivity contribution is -0.140. The Morgan fingerprint density at radius 2 is 1.69 bits per heavy atom. The van der Waals surface area contributed by atoms with E-state index in [4.69, 9.17) is 16.3 Å². The highest BCUT2D eigenvalue weighted by Crippen LogP contribution is 2.53. The average molecular weight is 515 g/mol. The number of ether oxygens (including phenoxy) is 1.